The van der Waals surface area contributed by atoms with Crippen LogP contribution in [0.15, 0.2) is 20.3 Å². The quantitative estimate of drug-likeness (QED) is 0.593. The van der Waals surface area contributed by atoms with E-state index >= 15 is 0 Å². The molecule has 0 fully saturated rings. The third-order valence-corrected chi connectivity index (χ3v) is 3.18. The molecule has 0 radical (unpaired) electrons. The van der Waals surface area contributed by atoms with Crippen LogP contribution in [0.1, 0.15) is 0 Å². The lowest BCUT2D eigenvalue weighted by Crippen LogP contribution is -2.39. The first-order chi connectivity index (χ1) is 8.59. The first-order valence-corrected chi connectivity index (χ1v) is 6.22. The Labute approximate surface area is 105 Å². The number of rotatable bonds is 5. The second-order valence-corrected chi connectivity index (χ2v) is 4.47. The van der Waals surface area contributed by atoms with Gasteiger partial charge in [-0.3, -0.25) is 14.2 Å². The zero-order chi connectivity index (χ0) is 13.1. The number of aromatic nitrogens is 2. The maximum absolute atomic E-state index is 12.0. The maximum atomic E-state index is 12.0. The Hall–Kier alpha value is -1.93. The Kier molecular flexibility index (Phi) is 3.58. The third kappa shape index (κ3) is 2.49. The molecule has 1 amide bonds. The zero-order valence-corrected chi connectivity index (χ0v) is 10.3. The third-order valence-electron chi connectivity index (χ3n) is 2.44. The molecule has 7 nitrogen and oxygen atoms in total. The fourth-order valence-corrected chi connectivity index (χ4v) is 2.34. The predicted molar refractivity (Wildman–Crippen MR) is 68.8 cm³/mol. The van der Waals surface area contributed by atoms with Crippen LogP contribution < -0.4 is 22.3 Å². The van der Waals surface area contributed by atoms with Crippen LogP contribution in [-0.4, -0.2) is 28.5 Å². The van der Waals surface area contributed by atoms with Crippen LogP contribution in [0.25, 0.3) is 10.9 Å². The van der Waals surface area contributed by atoms with Crippen molar-refractivity contribution in [2.24, 2.45) is 5.73 Å². The van der Waals surface area contributed by atoms with Gasteiger partial charge in [-0.1, -0.05) is 0 Å². The monoisotopic (exact) mass is 268 g/mol. The molecule has 18 heavy (non-hydrogen) atoms. The number of hydrogen-bond donors (Lipinski definition) is 3. The highest BCUT2D eigenvalue weighted by Gasteiger charge is 2.07. The van der Waals surface area contributed by atoms with Gasteiger partial charge in [-0.15, -0.1) is 11.3 Å². The van der Waals surface area contributed by atoms with Gasteiger partial charge in [0.15, 0.2) is 0 Å². The molecule has 0 aromatic carbocycles. The maximum Gasteiger partial charge on any atom is 0.328 e. The molecule has 8 heteroatoms. The van der Waals surface area contributed by atoms with Gasteiger partial charge in [0.25, 0.3) is 5.56 Å². The lowest BCUT2D eigenvalue weighted by Gasteiger charge is -2.05. The second kappa shape index (κ2) is 5.15. The van der Waals surface area contributed by atoms with E-state index in [1.54, 1.807) is 10.8 Å². The summed E-state index contributed by atoms with van der Waals surface area (Å²) in [5.74, 6) is -0.482. The summed E-state index contributed by atoms with van der Waals surface area (Å²) < 4.78 is 1.10. The van der Waals surface area contributed by atoms with Gasteiger partial charge >= 0.3 is 5.69 Å². The molecule has 96 valence electrons. The fraction of sp³-hybridized carbons (Fsp3) is 0.300. The summed E-state index contributed by atoms with van der Waals surface area (Å²) in [7, 11) is 0. The van der Waals surface area contributed by atoms with Gasteiger partial charge in [0.1, 0.15) is 0 Å². The van der Waals surface area contributed by atoms with Crippen molar-refractivity contribution in [2.45, 2.75) is 6.54 Å². The number of carbonyl (C=O) groups excluding carboxylic acids is 1. The Bertz CT molecular complexity index is 684. The van der Waals surface area contributed by atoms with Crippen molar-refractivity contribution in [3.05, 3.63) is 31.6 Å². The number of aromatic amines is 1. The standard InChI is InChI=1S/C10H12N4O3S/c11-8(15)3-12-1-2-14-9(16)6-4-18-5-7(6)13-10(14)17/h4-5,12H,1-3H2,(H2,11,15)(H,13,17). The molecule has 0 spiro atoms. The Morgan fingerprint density at radius 2 is 2.22 bits per heavy atom. The van der Waals surface area contributed by atoms with Crippen molar-refractivity contribution in [3.63, 3.8) is 0 Å². The first kappa shape index (κ1) is 12.5. The van der Waals surface area contributed by atoms with Crippen LogP contribution >= 0.6 is 11.3 Å². The number of hydrogen-bond acceptors (Lipinski definition) is 5. The number of thiophene rings is 1. The number of nitrogens with one attached hydrogen (secondary N) is 2. The molecular formula is C10H12N4O3S. The highest BCUT2D eigenvalue weighted by Crippen LogP contribution is 2.10. The summed E-state index contributed by atoms with van der Waals surface area (Å²) in [6.07, 6.45) is 0. The lowest BCUT2D eigenvalue weighted by atomic mass is 10.4. The lowest BCUT2D eigenvalue weighted by molar-refractivity contribution is -0.117. The number of H-pyrrole nitrogens is 1. The van der Waals surface area contributed by atoms with Crippen LogP contribution in [0.4, 0.5) is 0 Å². The van der Waals surface area contributed by atoms with Gasteiger partial charge in [0.05, 0.1) is 17.4 Å². The minimum absolute atomic E-state index is 0.0212. The molecule has 0 saturated carbocycles. The van der Waals surface area contributed by atoms with Crippen molar-refractivity contribution in [1.29, 1.82) is 0 Å². The number of amides is 1. The van der Waals surface area contributed by atoms with Crippen LogP contribution in [0.2, 0.25) is 0 Å². The van der Waals surface area contributed by atoms with E-state index in [0.29, 0.717) is 17.4 Å². The van der Waals surface area contributed by atoms with E-state index in [0.717, 1.165) is 4.57 Å². The predicted octanol–water partition coefficient (Wildman–Crippen LogP) is -1.17. The number of primary amides is 1. The van der Waals surface area contributed by atoms with Gasteiger partial charge < -0.3 is 16.0 Å². The second-order valence-electron chi connectivity index (χ2n) is 3.73. The van der Waals surface area contributed by atoms with E-state index in [-0.39, 0.29) is 18.6 Å². The summed E-state index contributed by atoms with van der Waals surface area (Å²) in [5, 5.41) is 6.65. The smallest absolute Gasteiger partial charge is 0.328 e. The topological polar surface area (TPSA) is 110 Å². The van der Waals surface area contributed by atoms with Gasteiger partial charge in [-0.05, 0) is 0 Å². The molecule has 0 saturated heterocycles. The average Bonchev–Trinajstić information content (AvgIpc) is 2.75. The van der Waals surface area contributed by atoms with E-state index < -0.39 is 11.6 Å². The number of carbonyl (C=O) groups is 1. The van der Waals surface area contributed by atoms with Gasteiger partial charge in [-0.2, -0.15) is 0 Å². The van der Waals surface area contributed by atoms with Gasteiger partial charge in [0.2, 0.25) is 5.91 Å². The minimum Gasteiger partial charge on any atom is -0.369 e. The van der Waals surface area contributed by atoms with Gasteiger partial charge in [-0.25, -0.2) is 4.79 Å². The normalized spacial score (nSPS) is 10.9. The van der Waals surface area contributed by atoms with Crippen molar-refractivity contribution >= 4 is 28.1 Å². The summed E-state index contributed by atoms with van der Waals surface area (Å²) in [4.78, 5) is 36.8. The molecule has 0 aliphatic rings. The SMILES string of the molecule is NC(=O)CNCCn1c(=O)[nH]c2cscc2c1=O. The molecule has 0 aliphatic heterocycles. The average molecular weight is 268 g/mol. The first-order valence-electron chi connectivity index (χ1n) is 5.27. The molecule has 0 atom stereocenters. The summed E-state index contributed by atoms with van der Waals surface area (Å²) in [5.41, 5.74) is 4.73. The van der Waals surface area contributed by atoms with Gasteiger partial charge in [0, 0.05) is 23.8 Å². The molecule has 2 aromatic heterocycles. The number of fused-ring (bicyclic) bond motifs is 1. The van der Waals surface area contributed by atoms with E-state index in [1.807, 2.05) is 0 Å². The van der Waals surface area contributed by atoms with Crippen LogP contribution in [0.5, 0.6) is 0 Å². The Morgan fingerprint density at radius 3 is 2.94 bits per heavy atom. The Morgan fingerprint density at radius 1 is 1.44 bits per heavy atom. The molecule has 4 N–H and O–H groups in total. The summed E-state index contributed by atoms with van der Waals surface area (Å²) in [6, 6.07) is 0. The molecule has 2 aromatic rings. The van der Waals surface area contributed by atoms with Crippen LogP contribution in [-0.2, 0) is 11.3 Å². The van der Waals surface area contributed by atoms with Crippen molar-refractivity contribution in [1.82, 2.24) is 14.9 Å². The molecule has 0 aliphatic carbocycles. The van der Waals surface area contributed by atoms with E-state index in [1.165, 1.54) is 11.3 Å². The van der Waals surface area contributed by atoms with Crippen LogP contribution in [0, 0.1) is 0 Å². The number of nitrogens with zero attached hydrogens (tertiary/aromatic N) is 1. The molecule has 2 rings (SSSR count). The fourth-order valence-electron chi connectivity index (χ4n) is 1.59. The largest absolute Gasteiger partial charge is 0.369 e. The van der Waals surface area contributed by atoms with E-state index in [4.69, 9.17) is 5.73 Å². The summed E-state index contributed by atoms with van der Waals surface area (Å²) >= 11 is 1.36. The van der Waals surface area contributed by atoms with Crippen molar-refractivity contribution in [3.8, 4) is 0 Å². The van der Waals surface area contributed by atoms with Crippen molar-refractivity contribution < 1.29 is 4.79 Å². The summed E-state index contributed by atoms with van der Waals surface area (Å²) in [6.45, 7) is 0.530. The molecule has 0 unspecified atom stereocenters. The highest BCUT2D eigenvalue weighted by atomic mass is 32.1. The molecule has 2 heterocycles. The van der Waals surface area contributed by atoms with Crippen molar-refractivity contribution in [2.75, 3.05) is 13.1 Å². The Balaban J connectivity index is 2.20. The highest BCUT2D eigenvalue weighted by molar-refractivity contribution is 7.09. The molecular weight excluding hydrogens is 256 g/mol. The van der Waals surface area contributed by atoms with Crippen LogP contribution in [0.3, 0.4) is 0 Å². The number of nitrogens with two attached hydrogens (primary N) is 1. The molecule has 0 bridgehead atoms. The van der Waals surface area contributed by atoms with E-state index in [9.17, 15) is 14.4 Å². The zero-order valence-electron chi connectivity index (χ0n) is 9.43. The van der Waals surface area contributed by atoms with E-state index in [2.05, 4.69) is 10.3 Å². The minimum atomic E-state index is -0.482.